The third kappa shape index (κ3) is 3.20. The van der Waals surface area contributed by atoms with E-state index in [0.29, 0.717) is 6.61 Å². The molecule has 0 radical (unpaired) electrons. The molecule has 2 unspecified atom stereocenters. The monoisotopic (exact) mass is 235 g/mol. The zero-order chi connectivity index (χ0) is 12.3. The summed E-state index contributed by atoms with van der Waals surface area (Å²) < 4.78 is 5.38. The molecule has 0 aliphatic carbocycles. The molecule has 4 heteroatoms. The average Bonchev–Trinajstić information content (AvgIpc) is 2.64. The van der Waals surface area contributed by atoms with E-state index in [-0.39, 0.29) is 30.2 Å². The van der Waals surface area contributed by atoms with Crippen LogP contribution in [0.4, 0.5) is 0 Å². The number of benzene rings is 1. The smallest absolute Gasteiger partial charge is 0.224 e. The summed E-state index contributed by atoms with van der Waals surface area (Å²) in [7, 11) is 0. The molecule has 1 heterocycles. The first-order valence-electron chi connectivity index (χ1n) is 5.84. The number of ether oxygens (including phenoxy) is 1. The normalized spacial score (nSPS) is 23.6. The van der Waals surface area contributed by atoms with Gasteiger partial charge in [0.15, 0.2) is 0 Å². The van der Waals surface area contributed by atoms with Crippen LogP contribution >= 0.6 is 0 Å². The van der Waals surface area contributed by atoms with Crippen molar-refractivity contribution in [2.45, 2.75) is 31.9 Å². The number of hydrogen-bond donors (Lipinski definition) is 2. The fourth-order valence-corrected chi connectivity index (χ4v) is 2.03. The van der Waals surface area contributed by atoms with Gasteiger partial charge in [0.25, 0.3) is 0 Å². The molecule has 4 nitrogen and oxygen atoms in total. The summed E-state index contributed by atoms with van der Waals surface area (Å²) in [5, 5.41) is 12.3. The van der Waals surface area contributed by atoms with E-state index in [1.54, 1.807) is 18.2 Å². The summed E-state index contributed by atoms with van der Waals surface area (Å²) >= 11 is 0. The zero-order valence-electron chi connectivity index (χ0n) is 9.85. The van der Waals surface area contributed by atoms with Crippen LogP contribution < -0.4 is 5.32 Å². The lowest BCUT2D eigenvalue weighted by atomic mass is 10.1. The molecule has 1 aliphatic heterocycles. The zero-order valence-corrected chi connectivity index (χ0v) is 9.85. The molecule has 1 aromatic carbocycles. The number of phenolic OH excluding ortho intramolecular Hbond substituents is 1. The lowest BCUT2D eigenvalue weighted by Gasteiger charge is -2.15. The van der Waals surface area contributed by atoms with Crippen molar-refractivity contribution < 1.29 is 14.6 Å². The topological polar surface area (TPSA) is 58.6 Å². The Bertz CT molecular complexity index is 405. The van der Waals surface area contributed by atoms with Crippen molar-refractivity contribution in [1.82, 2.24) is 5.32 Å². The van der Waals surface area contributed by atoms with Gasteiger partial charge in [0.05, 0.1) is 18.6 Å². The maximum absolute atomic E-state index is 11.8. The highest BCUT2D eigenvalue weighted by Crippen LogP contribution is 2.14. The van der Waals surface area contributed by atoms with Crippen LogP contribution in [-0.4, -0.2) is 29.8 Å². The molecule has 0 saturated carbocycles. The predicted octanol–water partition coefficient (Wildman–Crippen LogP) is 1.23. The van der Waals surface area contributed by atoms with Gasteiger partial charge < -0.3 is 15.2 Å². The molecule has 17 heavy (non-hydrogen) atoms. The summed E-state index contributed by atoms with van der Waals surface area (Å²) in [6.07, 6.45) is 1.24. The van der Waals surface area contributed by atoms with Gasteiger partial charge in [-0.05, 0) is 31.0 Å². The maximum atomic E-state index is 11.8. The van der Waals surface area contributed by atoms with Crippen LogP contribution in [0.1, 0.15) is 18.9 Å². The SMILES string of the molecule is CC1OCCC1NC(=O)Cc1cccc(O)c1. The molecule has 1 aliphatic rings. The van der Waals surface area contributed by atoms with Crippen LogP contribution in [0.3, 0.4) is 0 Å². The first-order chi connectivity index (χ1) is 8.15. The molecule has 2 atom stereocenters. The summed E-state index contributed by atoms with van der Waals surface area (Å²) in [6, 6.07) is 6.87. The molecule has 92 valence electrons. The molecule has 0 spiro atoms. The van der Waals surface area contributed by atoms with Crippen LogP contribution in [0, 0.1) is 0 Å². The van der Waals surface area contributed by atoms with Gasteiger partial charge in [0.1, 0.15) is 5.75 Å². The lowest BCUT2D eigenvalue weighted by Crippen LogP contribution is -2.39. The molecule has 1 saturated heterocycles. The largest absolute Gasteiger partial charge is 0.508 e. The van der Waals surface area contributed by atoms with Gasteiger partial charge in [-0.2, -0.15) is 0 Å². The van der Waals surface area contributed by atoms with E-state index in [2.05, 4.69) is 5.32 Å². The summed E-state index contributed by atoms with van der Waals surface area (Å²) in [5.74, 6) is 0.158. The average molecular weight is 235 g/mol. The second-order valence-electron chi connectivity index (χ2n) is 4.39. The minimum absolute atomic E-state index is 0.0297. The predicted molar refractivity (Wildman–Crippen MR) is 63.8 cm³/mol. The van der Waals surface area contributed by atoms with Gasteiger partial charge in [-0.1, -0.05) is 12.1 Å². The fourth-order valence-electron chi connectivity index (χ4n) is 2.03. The van der Waals surface area contributed by atoms with Crippen molar-refractivity contribution >= 4 is 5.91 Å². The highest BCUT2D eigenvalue weighted by Gasteiger charge is 2.25. The third-order valence-electron chi connectivity index (χ3n) is 3.00. The van der Waals surface area contributed by atoms with E-state index in [4.69, 9.17) is 4.74 Å². The number of aromatic hydroxyl groups is 1. The number of carbonyl (C=O) groups excluding carboxylic acids is 1. The summed E-state index contributed by atoms with van der Waals surface area (Å²) in [4.78, 5) is 11.8. The van der Waals surface area contributed by atoms with Gasteiger partial charge in [-0.15, -0.1) is 0 Å². The van der Waals surface area contributed by atoms with Crippen molar-refractivity contribution in [3.63, 3.8) is 0 Å². The molecule has 1 amide bonds. The first-order valence-corrected chi connectivity index (χ1v) is 5.84. The van der Waals surface area contributed by atoms with E-state index in [1.807, 2.05) is 13.0 Å². The highest BCUT2D eigenvalue weighted by atomic mass is 16.5. The second-order valence-corrected chi connectivity index (χ2v) is 4.39. The third-order valence-corrected chi connectivity index (χ3v) is 3.00. The van der Waals surface area contributed by atoms with E-state index < -0.39 is 0 Å². The quantitative estimate of drug-likeness (QED) is 0.828. The van der Waals surface area contributed by atoms with Gasteiger partial charge in [-0.25, -0.2) is 0 Å². The number of phenols is 1. The van der Waals surface area contributed by atoms with Crippen molar-refractivity contribution in [2.75, 3.05) is 6.61 Å². The summed E-state index contributed by atoms with van der Waals surface area (Å²) in [6.45, 7) is 2.67. The number of hydrogen-bond acceptors (Lipinski definition) is 3. The van der Waals surface area contributed by atoms with E-state index in [0.717, 1.165) is 12.0 Å². The first kappa shape index (κ1) is 11.9. The fraction of sp³-hybridized carbons (Fsp3) is 0.462. The number of nitrogens with one attached hydrogen (secondary N) is 1. The van der Waals surface area contributed by atoms with Crippen molar-refractivity contribution in [3.05, 3.63) is 29.8 Å². The molecular weight excluding hydrogens is 218 g/mol. The lowest BCUT2D eigenvalue weighted by molar-refractivity contribution is -0.121. The molecule has 0 aromatic heterocycles. The van der Waals surface area contributed by atoms with Crippen molar-refractivity contribution in [1.29, 1.82) is 0 Å². The Balaban J connectivity index is 1.89. The Hall–Kier alpha value is -1.55. The molecule has 1 fully saturated rings. The molecule has 2 rings (SSSR count). The van der Waals surface area contributed by atoms with Crippen molar-refractivity contribution in [3.8, 4) is 5.75 Å². The van der Waals surface area contributed by atoms with Crippen LogP contribution in [0.5, 0.6) is 5.75 Å². The van der Waals surface area contributed by atoms with Crippen LogP contribution in [0.25, 0.3) is 0 Å². The molecular formula is C13H17NO3. The van der Waals surface area contributed by atoms with Crippen LogP contribution in [0.2, 0.25) is 0 Å². The molecule has 0 bridgehead atoms. The van der Waals surface area contributed by atoms with E-state index >= 15 is 0 Å². The summed E-state index contributed by atoms with van der Waals surface area (Å²) in [5.41, 5.74) is 0.814. The Morgan fingerprint density at radius 3 is 3.06 bits per heavy atom. The minimum Gasteiger partial charge on any atom is -0.508 e. The van der Waals surface area contributed by atoms with Gasteiger partial charge in [0, 0.05) is 6.61 Å². The molecule has 1 aromatic rings. The highest BCUT2D eigenvalue weighted by molar-refractivity contribution is 5.79. The van der Waals surface area contributed by atoms with Crippen LogP contribution in [0.15, 0.2) is 24.3 Å². The Labute approximate surface area is 101 Å². The Kier molecular flexibility index (Phi) is 3.64. The van der Waals surface area contributed by atoms with Gasteiger partial charge in [-0.3, -0.25) is 4.79 Å². The van der Waals surface area contributed by atoms with E-state index in [1.165, 1.54) is 0 Å². The Morgan fingerprint density at radius 1 is 1.59 bits per heavy atom. The van der Waals surface area contributed by atoms with Gasteiger partial charge in [0.2, 0.25) is 5.91 Å². The van der Waals surface area contributed by atoms with Crippen LogP contribution in [-0.2, 0) is 16.0 Å². The van der Waals surface area contributed by atoms with E-state index in [9.17, 15) is 9.90 Å². The minimum atomic E-state index is -0.0297. The Morgan fingerprint density at radius 2 is 2.41 bits per heavy atom. The number of rotatable bonds is 3. The second kappa shape index (κ2) is 5.19. The number of carbonyl (C=O) groups is 1. The standard InChI is InChI=1S/C13H17NO3/c1-9-12(5-6-17-9)14-13(16)8-10-3-2-4-11(15)7-10/h2-4,7,9,12,15H,5-6,8H2,1H3,(H,14,16). The number of amides is 1. The van der Waals surface area contributed by atoms with Gasteiger partial charge >= 0.3 is 0 Å². The maximum Gasteiger partial charge on any atom is 0.224 e. The van der Waals surface area contributed by atoms with Crippen molar-refractivity contribution in [2.24, 2.45) is 0 Å². The molecule has 2 N–H and O–H groups in total.